The van der Waals surface area contributed by atoms with Crippen LogP contribution in [0.3, 0.4) is 0 Å². The Morgan fingerprint density at radius 3 is 2.83 bits per heavy atom. The molecule has 0 aromatic heterocycles. The van der Waals surface area contributed by atoms with E-state index in [0.717, 1.165) is 17.3 Å². The average molecular weight is 306 g/mol. The van der Waals surface area contributed by atoms with E-state index >= 15 is 0 Å². The predicted molar refractivity (Wildman–Crippen MR) is 75.2 cm³/mol. The molecular formula is C15H13BrFN. The van der Waals surface area contributed by atoms with Gasteiger partial charge in [0.2, 0.25) is 0 Å². The van der Waals surface area contributed by atoms with Gasteiger partial charge in [0.25, 0.3) is 0 Å². The molecule has 1 atom stereocenters. The Bertz CT molecular complexity index is 582. The van der Waals surface area contributed by atoms with Crippen LogP contribution in [0.2, 0.25) is 0 Å². The quantitative estimate of drug-likeness (QED) is 0.849. The molecule has 1 N–H and O–H groups in total. The topological polar surface area (TPSA) is 12.0 Å². The molecular weight excluding hydrogens is 293 g/mol. The van der Waals surface area contributed by atoms with Crippen LogP contribution in [0.1, 0.15) is 23.6 Å². The van der Waals surface area contributed by atoms with Crippen LogP contribution in [0.15, 0.2) is 46.9 Å². The molecule has 0 saturated heterocycles. The van der Waals surface area contributed by atoms with E-state index in [9.17, 15) is 4.39 Å². The van der Waals surface area contributed by atoms with Gasteiger partial charge in [0, 0.05) is 4.47 Å². The molecule has 1 aliphatic rings. The van der Waals surface area contributed by atoms with E-state index in [4.69, 9.17) is 0 Å². The van der Waals surface area contributed by atoms with Crippen molar-refractivity contribution in [2.45, 2.75) is 18.9 Å². The first kappa shape index (κ1) is 11.7. The van der Waals surface area contributed by atoms with Gasteiger partial charge in [-0.15, -0.1) is 0 Å². The van der Waals surface area contributed by atoms with E-state index in [0.29, 0.717) is 5.69 Å². The van der Waals surface area contributed by atoms with Crippen LogP contribution >= 0.6 is 15.9 Å². The molecule has 0 spiro atoms. The smallest absolute Gasteiger partial charge is 0.147 e. The lowest BCUT2D eigenvalue weighted by Crippen LogP contribution is -2.08. The van der Waals surface area contributed by atoms with Gasteiger partial charge in [0.15, 0.2) is 0 Å². The minimum atomic E-state index is -0.214. The third-order valence-corrected chi connectivity index (χ3v) is 3.89. The zero-order chi connectivity index (χ0) is 12.5. The summed E-state index contributed by atoms with van der Waals surface area (Å²) in [5.41, 5.74) is 3.23. The number of fused-ring (bicyclic) bond motifs is 1. The number of hydrogen-bond donors (Lipinski definition) is 1. The number of halogens is 2. The summed E-state index contributed by atoms with van der Waals surface area (Å²) in [6.07, 6.45) is 2.08. The minimum Gasteiger partial charge on any atom is -0.376 e. The third-order valence-electron chi connectivity index (χ3n) is 3.39. The van der Waals surface area contributed by atoms with Crippen LogP contribution in [0, 0.1) is 5.82 Å². The lowest BCUT2D eigenvalue weighted by atomic mass is 10.1. The van der Waals surface area contributed by atoms with Crippen LogP contribution in [0.25, 0.3) is 0 Å². The van der Waals surface area contributed by atoms with E-state index in [1.165, 1.54) is 17.2 Å². The molecule has 1 unspecified atom stereocenters. The summed E-state index contributed by atoms with van der Waals surface area (Å²) in [7, 11) is 0. The first-order valence-corrected chi connectivity index (χ1v) is 6.83. The van der Waals surface area contributed by atoms with Crippen molar-refractivity contribution in [1.82, 2.24) is 0 Å². The molecule has 0 amide bonds. The van der Waals surface area contributed by atoms with Gasteiger partial charge in [-0.2, -0.15) is 0 Å². The number of anilines is 1. The standard InChI is InChI=1S/C15H13BrFN/c16-11-6-8-15(13(17)9-11)18-14-7-5-10-3-1-2-4-12(10)14/h1-4,6,8-9,14,18H,5,7H2. The van der Waals surface area contributed by atoms with Gasteiger partial charge in [-0.3, -0.25) is 0 Å². The lowest BCUT2D eigenvalue weighted by Gasteiger charge is -2.16. The molecule has 3 rings (SSSR count). The van der Waals surface area contributed by atoms with E-state index in [1.807, 2.05) is 12.1 Å². The SMILES string of the molecule is Fc1cc(Br)ccc1NC1CCc2ccccc21. The molecule has 3 heteroatoms. The molecule has 1 nitrogen and oxygen atoms in total. The zero-order valence-electron chi connectivity index (χ0n) is 9.79. The normalized spacial score (nSPS) is 17.6. The Balaban J connectivity index is 1.86. The molecule has 0 bridgehead atoms. The highest BCUT2D eigenvalue weighted by Crippen LogP contribution is 2.34. The van der Waals surface area contributed by atoms with Crippen molar-refractivity contribution in [2.75, 3.05) is 5.32 Å². The summed E-state index contributed by atoms with van der Waals surface area (Å²) >= 11 is 3.27. The minimum absolute atomic E-state index is 0.214. The van der Waals surface area contributed by atoms with Crippen molar-refractivity contribution in [1.29, 1.82) is 0 Å². The van der Waals surface area contributed by atoms with Crippen LogP contribution in [0.5, 0.6) is 0 Å². The van der Waals surface area contributed by atoms with E-state index < -0.39 is 0 Å². The Kier molecular flexibility index (Phi) is 3.08. The summed E-state index contributed by atoms with van der Waals surface area (Å²) in [6, 6.07) is 13.7. The Labute approximate surface area is 114 Å². The van der Waals surface area contributed by atoms with Crippen molar-refractivity contribution in [3.8, 4) is 0 Å². The summed E-state index contributed by atoms with van der Waals surface area (Å²) in [5.74, 6) is -0.214. The van der Waals surface area contributed by atoms with Gasteiger partial charge in [0.05, 0.1) is 11.7 Å². The van der Waals surface area contributed by atoms with Crippen molar-refractivity contribution >= 4 is 21.6 Å². The summed E-state index contributed by atoms with van der Waals surface area (Å²) < 4.78 is 14.5. The van der Waals surface area contributed by atoms with Crippen LogP contribution < -0.4 is 5.32 Å². The Hall–Kier alpha value is -1.35. The highest BCUT2D eigenvalue weighted by atomic mass is 79.9. The second kappa shape index (κ2) is 4.73. The highest BCUT2D eigenvalue weighted by molar-refractivity contribution is 9.10. The van der Waals surface area contributed by atoms with Gasteiger partial charge < -0.3 is 5.32 Å². The maximum atomic E-state index is 13.8. The molecule has 0 fully saturated rings. The monoisotopic (exact) mass is 305 g/mol. The molecule has 2 aromatic carbocycles. The van der Waals surface area contributed by atoms with E-state index in [-0.39, 0.29) is 11.9 Å². The van der Waals surface area contributed by atoms with Gasteiger partial charge in [-0.1, -0.05) is 40.2 Å². The van der Waals surface area contributed by atoms with Crippen LogP contribution in [0.4, 0.5) is 10.1 Å². The molecule has 0 saturated carbocycles. The highest BCUT2D eigenvalue weighted by Gasteiger charge is 2.22. The molecule has 18 heavy (non-hydrogen) atoms. The average Bonchev–Trinajstić information content (AvgIpc) is 2.76. The van der Waals surface area contributed by atoms with Crippen molar-refractivity contribution in [3.05, 3.63) is 63.9 Å². The Morgan fingerprint density at radius 2 is 2.00 bits per heavy atom. The number of aryl methyl sites for hydroxylation is 1. The van der Waals surface area contributed by atoms with Gasteiger partial charge >= 0.3 is 0 Å². The van der Waals surface area contributed by atoms with E-state index in [2.05, 4.69) is 39.4 Å². The fourth-order valence-electron chi connectivity index (χ4n) is 2.50. The molecule has 0 radical (unpaired) electrons. The lowest BCUT2D eigenvalue weighted by molar-refractivity contribution is 0.624. The fraction of sp³-hybridized carbons (Fsp3) is 0.200. The molecule has 0 heterocycles. The summed E-state index contributed by atoms with van der Waals surface area (Å²) in [4.78, 5) is 0. The maximum Gasteiger partial charge on any atom is 0.147 e. The largest absolute Gasteiger partial charge is 0.376 e. The number of nitrogens with one attached hydrogen (secondary N) is 1. The van der Waals surface area contributed by atoms with Gasteiger partial charge in [-0.05, 0) is 42.2 Å². The fourth-order valence-corrected chi connectivity index (χ4v) is 2.83. The molecule has 0 aliphatic heterocycles. The summed E-state index contributed by atoms with van der Waals surface area (Å²) in [6.45, 7) is 0. The van der Waals surface area contributed by atoms with Crippen molar-refractivity contribution in [3.63, 3.8) is 0 Å². The number of hydrogen-bond acceptors (Lipinski definition) is 1. The second-order valence-electron chi connectivity index (χ2n) is 4.56. The van der Waals surface area contributed by atoms with Crippen molar-refractivity contribution in [2.24, 2.45) is 0 Å². The Morgan fingerprint density at radius 1 is 1.17 bits per heavy atom. The molecule has 2 aromatic rings. The van der Waals surface area contributed by atoms with Gasteiger partial charge in [0.1, 0.15) is 5.82 Å². The number of benzene rings is 2. The second-order valence-corrected chi connectivity index (χ2v) is 5.47. The van der Waals surface area contributed by atoms with E-state index in [1.54, 1.807) is 6.07 Å². The van der Waals surface area contributed by atoms with Crippen LogP contribution in [-0.4, -0.2) is 0 Å². The summed E-state index contributed by atoms with van der Waals surface area (Å²) in [5, 5.41) is 3.30. The first-order valence-electron chi connectivity index (χ1n) is 6.03. The maximum absolute atomic E-state index is 13.8. The molecule has 1 aliphatic carbocycles. The van der Waals surface area contributed by atoms with Crippen molar-refractivity contribution < 1.29 is 4.39 Å². The predicted octanol–water partition coefficient (Wildman–Crippen LogP) is 4.69. The van der Waals surface area contributed by atoms with Gasteiger partial charge in [-0.25, -0.2) is 4.39 Å². The number of rotatable bonds is 2. The first-order chi connectivity index (χ1) is 8.74. The molecule has 92 valence electrons. The third kappa shape index (κ3) is 2.15. The van der Waals surface area contributed by atoms with Crippen LogP contribution in [-0.2, 0) is 6.42 Å². The zero-order valence-corrected chi connectivity index (χ0v) is 11.4.